The van der Waals surface area contributed by atoms with Crippen LogP contribution in [0.1, 0.15) is 21.5 Å². The van der Waals surface area contributed by atoms with Gasteiger partial charge in [-0.05, 0) is 49.2 Å². The van der Waals surface area contributed by atoms with Crippen LogP contribution in [-0.4, -0.2) is 24.1 Å². The number of ether oxygens (including phenoxy) is 1. The number of nitrogens with one attached hydrogen (secondary N) is 2. The van der Waals surface area contributed by atoms with Gasteiger partial charge in [-0.15, -0.1) is 11.3 Å². The van der Waals surface area contributed by atoms with E-state index in [-0.39, 0.29) is 12.0 Å². The summed E-state index contributed by atoms with van der Waals surface area (Å²) in [5.41, 5.74) is 5.05. The summed E-state index contributed by atoms with van der Waals surface area (Å²) in [6.07, 6.45) is 0. The molecule has 0 unspecified atom stereocenters. The predicted octanol–water partition coefficient (Wildman–Crippen LogP) is 4.86. The summed E-state index contributed by atoms with van der Waals surface area (Å²) in [7, 11) is 1.34. The SMILES string of the molecule is COC(=O)c1ccc(-c2csc(NC(=O)Nc3ccc(C)c(C)c3)n2)cc1. The fourth-order valence-electron chi connectivity index (χ4n) is 2.44. The van der Waals surface area contributed by atoms with E-state index in [4.69, 9.17) is 0 Å². The van der Waals surface area contributed by atoms with Gasteiger partial charge in [0.05, 0.1) is 18.4 Å². The first-order valence-electron chi connectivity index (χ1n) is 8.26. The highest BCUT2D eigenvalue weighted by Crippen LogP contribution is 2.25. The number of amides is 2. The molecule has 3 rings (SSSR count). The fraction of sp³-hybridized carbons (Fsp3) is 0.150. The largest absolute Gasteiger partial charge is 0.465 e. The molecule has 3 aromatic rings. The Balaban J connectivity index is 1.65. The van der Waals surface area contributed by atoms with E-state index in [0.29, 0.717) is 10.7 Å². The lowest BCUT2D eigenvalue weighted by Crippen LogP contribution is -2.19. The normalized spacial score (nSPS) is 10.3. The van der Waals surface area contributed by atoms with Gasteiger partial charge in [-0.1, -0.05) is 18.2 Å². The van der Waals surface area contributed by atoms with Gasteiger partial charge in [0, 0.05) is 16.6 Å². The number of urea groups is 1. The van der Waals surface area contributed by atoms with E-state index in [2.05, 4.69) is 20.4 Å². The van der Waals surface area contributed by atoms with Crippen molar-refractivity contribution in [2.75, 3.05) is 17.7 Å². The van der Waals surface area contributed by atoms with E-state index in [1.54, 1.807) is 24.3 Å². The highest BCUT2D eigenvalue weighted by molar-refractivity contribution is 7.14. The number of thiazole rings is 1. The van der Waals surface area contributed by atoms with E-state index in [9.17, 15) is 9.59 Å². The van der Waals surface area contributed by atoms with Crippen molar-refractivity contribution in [2.24, 2.45) is 0 Å². The Kier molecular flexibility index (Phi) is 5.52. The number of benzene rings is 2. The Morgan fingerprint density at radius 2 is 1.74 bits per heavy atom. The molecule has 0 spiro atoms. The maximum absolute atomic E-state index is 12.2. The average Bonchev–Trinajstić information content (AvgIpc) is 3.12. The zero-order valence-corrected chi connectivity index (χ0v) is 16.0. The zero-order valence-electron chi connectivity index (χ0n) is 15.2. The molecule has 138 valence electrons. The number of nitrogens with zero attached hydrogens (tertiary/aromatic N) is 1. The van der Waals surface area contributed by atoms with Crippen LogP contribution in [0.5, 0.6) is 0 Å². The first-order valence-corrected chi connectivity index (χ1v) is 9.14. The van der Waals surface area contributed by atoms with E-state index in [0.717, 1.165) is 22.5 Å². The molecule has 0 saturated heterocycles. The third-order valence-electron chi connectivity index (χ3n) is 4.09. The van der Waals surface area contributed by atoms with Crippen LogP contribution >= 0.6 is 11.3 Å². The Hall–Kier alpha value is -3.19. The Morgan fingerprint density at radius 1 is 1.00 bits per heavy atom. The average molecular weight is 381 g/mol. The molecule has 0 radical (unpaired) electrons. The number of esters is 1. The van der Waals surface area contributed by atoms with Gasteiger partial charge in [0.25, 0.3) is 0 Å². The molecule has 0 saturated carbocycles. The minimum absolute atomic E-state index is 0.347. The molecule has 0 aliphatic rings. The van der Waals surface area contributed by atoms with E-state index < -0.39 is 0 Å². The highest BCUT2D eigenvalue weighted by Gasteiger charge is 2.10. The fourth-order valence-corrected chi connectivity index (χ4v) is 3.15. The maximum Gasteiger partial charge on any atom is 0.337 e. The van der Waals surface area contributed by atoms with Crippen molar-refractivity contribution >= 4 is 34.2 Å². The number of aromatic nitrogens is 1. The van der Waals surface area contributed by atoms with Crippen LogP contribution < -0.4 is 10.6 Å². The molecule has 0 atom stereocenters. The van der Waals surface area contributed by atoms with Crippen LogP contribution in [0.2, 0.25) is 0 Å². The second-order valence-corrected chi connectivity index (χ2v) is 6.84. The number of aryl methyl sites for hydroxylation is 2. The smallest absolute Gasteiger partial charge is 0.337 e. The molecule has 7 heteroatoms. The summed E-state index contributed by atoms with van der Waals surface area (Å²) in [6, 6.07) is 12.3. The van der Waals surface area contributed by atoms with Crippen molar-refractivity contribution in [3.05, 3.63) is 64.5 Å². The van der Waals surface area contributed by atoms with Crippen molar-refractivity contribution in [3.8, 4) is 11.3 Å². The lowest BCUT2D eigenvalue weighted by molar-refractivity contribution is 0.0600. The predicted molar refractivity (Wildman–Crippen MR) is 107 cm³/mol. The van der Waals surface area contributed by atoms with Gasteiger partial charge in [-0.2, -0.15) is 0 Å². The molecule has 0 bridgehead atoms. The standard InChI is InChI=1S/C20H19N3O3S/c1-12-4-9-16(10-13(12)2)21-19(25)23-20-22-17(11-27-20)14-5-7-15(8-6-14)18(24)26-3/h4-11H,1-3H3,(H2,21,22,23,25). The Morgan fingerprint density at radius 3 is 2.41 bits per heavy atom. The van der Waals surface area contributed by atoms with Gasteiger partial charge < -0.3 is 10.1 Å². The minimum atomic E-state index is -0.384. The van der Waals surface area contributed by atoms with Crippen molar-refractivity contribution in [1.29, 1.82) is 0 Å². The van der Waals surface area contributed by atoms with Crippen LogP contribution in [0.3, 0.4) is 0 Å². The number of anilines is 2. The van der Waals surface area contributed by atoms with Gasteiger partial charge in [0.15, 0.2) is 5.13 Å². The minimum Gasteiger partial charge on any atom is -0.465 e. The number of methoxy groups -OCH3 is 1. The molecule has 0 aliphatic heterocycles. The van der Waals surface area contributed by atoms with Crippen LogP contribution in [-0.2, 0) is 4.74 Å². The molecule has 6 nitrogen and oxygen atoms in total. The van der Waals surface area contributed by atoms with Gasteiger partial charge in [0.1, 0.15) is 0 Å². The number of hydrogen-bond acceptors (Lipinski definition) is 5. The molecular weight excluding hydrogens is 362 g/mol. The number of carbonyl (C=O) groups is 2. The molecular formula is C20H19N3O3S. The van der Waals surface area contributed by atoms with Crippen LogP contribution in [0, 0.1) is 13.8 Å². The summed E-state index contributed by atoms with van der Waals surface area (Å²) in [6.45, 7) is 4.02. The lowest BCUT2D eigenvalue weighted by Gasteiger charge is -2.07. The Bertz CT molecular complexity index is 980. The lowest BCUT2D eigenvalue weighted by atomic mass is 10.1. The van der Waals surface area contributed by atoms with Gasteiger partial charge in [-0.25, -0.2) is 14.6 Å². The molecule has 27 heavy (non-hydrogen) atoms. The van der Waals surface area contributed by atoms with Crippen molar-refractivity contribution in [2.45, 2.75) is 13.8 Å². The first-order chi connectivity index (χ1) is 13.0. The second-order valence-electron chi connectivity index (χ2n) is 5.98. The number of carbonyl (C=O) groups excluding carboxylic acids is 2. The van der Waals surface area contributed by atoms with Crippen LogP contribution in [0.15, 0.2) is 47.8 Å². The highest BCUT2D eigenvalue weighted by atomic mass is 32.1. The second kappa shape index (κ2) is 8.01. The quantitative estimate of drug-likeness (QED) is 0.633. The molecule has 2 amide bonds. The summed E-state index contributed by atoms with van der Waals surface area (Å²) in [5.74, 6) is -0.384. The van der Waals surface area contributed by atoms with Crippen LogP contribution in [0.25, 0.3) is 11.3 Å². The van der Waals surface area contributed by atoms with Gasteiger partial charge >= 0.3 is 12.0 Å². The Labute approximate surface area is 161 Å². The topological polar surface area (TPSA) is 80.3 Å². The summed E-state index contributed by atoms with van der Waals surface area (Å²) >= 11 is 1.33. The summed E-state index contributed by atoms with van der Waals surface area (Å²) < 4.78 is 4.69. The van der Waals surface area contributed by atoms with Crippen molar-refractivity contribution < 1.29 is 14.3 Å². The van der Waals surface area contributed by atoms with E-state index in [1.165, 1.54) is 24.0 Å². The van der Waals surface area contributed by atoms with Gasteiger partial charge in [0.2, 0.25) is 0 Å². The molecule has 0 fully saturated rings. The maximum atomic E-state index is 12.2. The third-order valence-corrected chi connectivity index (χ3v) is 4.85. The van der Waals surface area contributed by atoms with E-state index in [1.807, 2.05) is 37.4 Å². The number of hydrogen-bond donors (Lipinski definition) is 2. The molecule has 2 N–H and O–H groups in total. The summed E-state index contributed by atoms with van der Waals surface area (Å²) in [5, 5.41) is 7.87. The summed E-state index contributed by atoms with van der Waals surface area (Å²) in [4.78, 5) is 28.1. The molecule has 0 aliphatic carbocycles. The van der Waals surface area contributed by atoms with Gasteiger partial charge in [-0.3, -0.25) is 5.32 Å². The number of rotatable bonds is 4. The monoisotopic (exact) mass is 381 g/mol. The van der Waals surface area contributed by atoms with Crippen molar-refractivity contribution in [3.63, 3.8) is 0 Å². The van der Waals surface area contributed by atoms with Crippen molar-refractivity contribution in [1.82, 2.24) is 4.98 Å². The first kappa shape index (κ1) is 18.6. The molecule has 2 aromatic carbocycles. The molecule has 1 heterocycles. The zero-order chi connectivity index (χ0) is 19.4. The molecule has 1 aromatic heterocycles. The van der Waals surface area contributed by atoms with Crippen LogP contribution in [0.4, 0.5) is 15.6 Å². The third kappa shape index (κ3) is 4.51. The van der Waals surface area contributed by atoms with E-state index >= 15 is 0 Å².